The van der Waals surface area contributed by atoms with Gasteiger partial charge in [0.05, 0.1) is 33.4 Å². The third-order valence-electron chi connectivity index (χ3n) is 10.9. The summed E-state index contributed by atoms with van der Waals surface area (Å²) in [5, 5.41) is 10.7. The van der Waals surface area contributed by atoms with Gasteiger partial charge in [0.15, 0.2) is 0 Å². The zero-order valence-electron chi connectivity index (χ0n) is 24.4. The van der Waals surface area contributed by atoms with E-state index in [-0.39, 0.29) is 0 Å². The maximum absolute atomic E-state index is 2.61. The van der Waals surface area contributed by atoms with Crippen molar-refractivity contribution >= 4 is 65.2 Å². The van der Waals surface area contributed by atoms with E-state index in [9.17, 15) is 0 Å². The third-order valence-corrected chi connectivity index (χ3v) is 10.9. The zero-order valence-corrected chi connectivity index (χ0v) is 24.4. The summed E-state index contributed by atoms with van der Waals surface area (Å²) in [7, 11) is 0. The first-order valence-corrected chi connectivity index (χ1v) is 15.8. The molecule has 2 aliphatic rings. The molecule has 2 bridgehead atoms. The first kappa shape index (κ1) is 23.2. The summed E-state index contributed by atoms with van der Waals surface area (Å²) in [4.78, 5) is 0. The summed E-state index contributed by atoms with van der Waals surface area (Å²) in [5.74, 6) is 0.688. The van der Waals surface area contributed by atoms with Crippen molar-refractivity contribution < 1.29 is 0 Å². The van der Waals surface area contributed by atoms with Crippen molar-refractivity contribution in [1.82, 2.24) is 9.13 Å². The van der Waals surface area contributed by atoms with Crippen LogP contribution in [0, 0.1) is 0 Å². The number of para-hydroxylation sites is 2. The molecule has 4 heterocycles. The van der Waals surface area contributed by atoms with Crippen molar-refractivity contribution in [3.8, 4) is 11.4 Å². The molecule has 0 radical (unpaired) electrons. The minimum atomic E-state index is 0.337. The van der Waals surface area contributed by atoms with Gasteiger partial charge in [0.1, 0.15) is 0 Å². The molecule has 2 unspecified atom stereocenters. The van der Waals surface area contributed by atoms with Crippen LogP contribution in [0.25, 0.3) is 76.5 Å². The molecule has 7 aromatic carbocycles. The molecule has 9 aromatic rings. The zero-order chi connectivity index (χ0) is 28.7. The van der Waals surface area contributed by atoms with Gasteiger partial charge in [-0.1, -0.05) is 110 Å². The Morgan fingerprint density at radius 1 is 0.500 bits per heavy atom. The molecule has 206 valence electrons. The van der Waals surface area contributed by atoms with E-state index in [1.165, 1.54) is 93.2 Å². The Hall–Kier alpha value is -5.34. The third kappa shape index (κ3) is 2.65. The number of fused-ring (bicyclic) bond motifs is 14. The molecule has 0 saturated heterocycles. The van der Waals surface area contributed by atoms with E-state index in [4.69, 9.17) is 0 Å². The van der Waals surface area contributed by atoms with E-state index >= 15 is 0 Å². The van der Waals surface area contributed by atoms with Crippen molar-refractivity contribution in [1.29, 1.82) is 0 Å². The van der Waals surface area contributed by atoms with Gasteiger partial charge in [0.2, 0.25) is 0 Å². The molecule has 44 heavy (non-hydrogen) atoms. The van der Waals surface area contributed by atoms with Gasteiger partial charge in [-0.2, -0.15) is 0 Å². The van der Waals surface area contributed by atoms with Crippen LogP contribution in [-0.2, 0) is 6.42 Å². The van der Waals surface area contributed by atoms with E-state index in [0.29, 0.717) is 11.8 Å². The van der Waals surface area contributed by atoms with Crippen molar-refractivity contribution in [2.75, 3.05) is 0 Å². The van der Waals surface area contributed by atoms with Gasteiger partial charge in [0, 0.05) is 27.1 Å². The van der Waals surface area contributed by atoms with E-state index in [0.717, 1.165) is 6.42 Å². The predicted molar refractivity (Wildman–Crippen MR) is 185 cm³/mol. The Kier molecular flexibility index (Phi) is 4.20. The monoisotopic (exact) mass is 560 g/mol. The van der Waals surface area contributed by atoms with Crippen LogP contribution in [0.15, 0.2) is 127 Å². The molecule has 2 nitrogen and oxygen atoms in total. The minimum absolute atomic E-state index is 0.337. The van der Waals surface area contributed by atoms with Gasteiger partial charge in [-0.15, -0.1) is 0 Å². The van der Waals surface area contributed by atoms with Crippen molar-refractivity contribution in [3.05, 3.63) is 144 Å². The molecule has 11 rings (SSSR count). The average Bonchev–Trinajstić information content (AvgIpc) is 3.56. The Morgan fingerprint density at radius 3 is 1.73 bits per heavy atom. The van der Waals surface area contributed by atoms with Crippen molar-refractivity contribution in [3.63, 3.8) is 0 Å². The van der Waals surface area contributed by atoms with Crippen LogP contribution in [0.4, 0.5) is 0 Å². The van der Waals surface area contributed by atoms with Crippen LogP contribution >= 0.6 is 0 Å². The lowest BCUT2D eigenvalue weighted by Gasteiger charge is -2.30. The summed E-state index contributed by atoms with van der Waals surface area (Å²) < 4.78 is 5.21. The van der Waals surface area contributed by atoms with Gasteiger partial charge in [-0.3, -0.25) is 0 Å². The topological polar surface area (TPSA) is 9.86 Å². The Bertz CT molecular complexity index is 2640. The lowest BCUT2D eigenvalue weighted by molar-refractivity contribution is 0.575. The molecule has 0 N–H and O–H groups in total. The van der Waals surface area contributed by atoms with Crippen molar-refractivity contribution in [2.24, 2.45) is 0 Å². The summed E-state index contributed by atoms with van der Waals surface area (Å²) in [6, 6.07) is 48.1. The van der Waals surface area contributed by atoms with Crippen molar-refractivity contribution in [2.45, 2.75) is 25.2 Å². The number of benzene rings is 7. The lowest BCUT2D eigenvalue weighted by Crippen LogP contribution is -2.17. The molecule has 0 spiro atoms. The molecular weight excluding hydrogens is 532 g/mol. The van der Waals surface area contributed by atoms with Crippen LogP contribution in [0.5, 0.6) is 0 Å². The molecular formula is C42H28N2. The van der Waals surface area contributed by atoms with E-state index < -0.39 is 0 Å². The SMILES string of the molecule is CC1c2c3cccc2-n2c4ccc5ccccc5c4c4cccc(c42)C1Cc1cccc2c4c5ccccc5ccc4n-3c12. The highest BCUT2D eigenvalue weighted by atomic mass is 15.0. The maximum atomic E-state index is 2.61. The fourth-order valence-corrected chi connectivity index (χ4v) is 9.13. The molecule has 0 fully saturated rings. The van der Waals surface area contributed by atoms with Gasteiger partial charge in [-0.05, 0) is 75.2 Å². The second-order valence-electron chi connectivity index (χ2n) is 12.9. The number of hydrogen-bond donors (Lipinski definition) is 0. The maximum Gasteiger partial charge on any atom is 0.0576 e. The molecule has 0 amide bonds. The first-order valence-electron chi connectivity index (χ1n) is 15.8. The Labute approximate surface area is 254 Å². The summed E-state index contributed by atoms with van der Waals surface area (Å²) in [6.07, 6.45) is 1.00. The highest BCUT2D eigenvalue weighted by Gasteiger charge is 2.36. The largest absolute Gasteiger partial charge is 0.309 e. The van der Waals surface area contributed by atoms with Crippen LogP contribution in [0.1, 0.15) is 35.4 Å². The minimum Gasteiger partial charge on any atom is -0.309 e. The van der Waals surface area contributed by atoms with Gasteiger partial charge >= 0.3 is 0 Å². The quantitative estimate of drug-likeness (QED) is 0.175. The first-order chi connectivity index (χ1) is 21.8. The summed E-state index contributed by atoms with van der Waals surface area (Å²) in [6.45, 7) is 2.47. The van der Waals surface area contributed by atoms with Crippen LogP contribution in [0.2, 0.25) is 0 Å². The molecule has 2 aliphatic heterocycles. The number of aromatic nitrogens is 2. The normalized spacial score (nSPS) is 17.1. The van der Waals surface area contributed by atoms with Gasteiger partial charge < -0.3 is 9.13 Å². The highest BCUT2D eigenvalue weighted by molar-refractivity contribution is 6.23. The fourth-order valence-electron chi connectivity index (χ4n) is 9.13. The Balaban J connectivity index is 1.38. The fraction of sp³-hybridized carbons (Fsp3) is 0.0952. The Morgan fingerprint density at radius 2 is 1.05 bits per heavy atom. The van der Waals surface area contributed by atoms with E-state index in [1.807, 2.05) is 0 Å². The van der Waals surface area contributed by atoms with Crippen LogP contribution in [0.3, 0.4) is 0 Å². The van der Waals surface area contributed by atoms with Gasteiger partial charge in [0.25, 0.3) is 0 Å². The van der Waals surface area contributed by atoms with E-state index in [1.54, 1.807) is 0 Å². The second kappa shape index (κ2) is 7.98. The average molecular weight is 561 g/mol. The predicted octanol–water partition coefficient (Wildman–Crippen LogP) is 10.9. The molecule has 2 atom stereocenters. The highest BCUT2D eigenvalue weighted by Crippen LogP contribution is 2.52. The summed E-state index contributed by atoms with van der Waals surface area (Å²) in [5.41, 5.74) is 12.3. The number of hydrogen-bond acceptors (Lipinski definition) is 0. The second-order valence-corrected chi connectivity index (χ2v) is 12.9. The molecule has 2 heteroatoms. The number of nitrogens with zero attached hydrogens (tertiary/aromatic N) is 2. The number of rotatable bonds is 0. The smallest absolute Gasteiger partial charge is 0.0576 e. The van der Waals surface area contributed by atoms with E-state index in [2.05, 4.69) is 143 Å². The van der Waals surface area contributed by atoms with Gasteiger partial charge in [-0.25, -0.2) is 0 Å². The molecule has 0 saturated carbocycles. The van der Waals surface area contributed by atoms with Crippen LogP contribution < -0.4 is 0 Å². The standard InChI is InChI=1S/C42H28N2/c1-24-33-23-27-11-6-15-31-39-28-12-4-2-9-25(28)19-21-36(39)43(41(27)31)34-17-8-18-35(38(24)34)44-37-22-20-26-10-3-5-13-29(26)40(37)32-16-7-14-30(33)42(32)44/h2-22,24,33H,23H2,1H3. The summed E-state index contributed by atoms with van der Waals surface area (Å²) >= 11 is 0. The van der Waals surface area contributed by atoms with Crippen LogP contribution in [-0.4, -0.2) is 9.13 Å². The lowest BCUT2D eigenvalue weighted by atomic mass is 9.77. The molecule has 2 aromatic heterocycles. The molecule has 0 aliphatic carbocycles.